The number of thiazole rings is 1. The summed E-state index contributed by atoms with van der Waals surface area (Å²) in [6.07, 6.45) is 9.32. The van der Waals surface area contributed by atoms with Crippen LogP contribution < -0.4 is 4.74 Å². The van der Waals surface area contributed by atoms with Gasteiger partial charge in [0.1, 0.15) is 0 Å². The monoisotopic (exact) mass is 440 g/mol. The molecule has 0 unspecified atom stereocenters. The molecule has 2 aliphatic rings. The second-order valence-corrected chi connectivity index (χ2v) is 10.3. The van der Waals surface area contributed by atoms with Gasteiger partial charge in [-0.2, -0.15) is 0 Å². The predicted molar refractivity (Wildman–Crippen MR) is 116 cm³/mol. The molecule has 0 aromatic carbocycles. The van der Waals surface area contributed by atoms with Crippen LogP contribution in [-0.2, 0) is 17.8 Å². The maximum Gasteiger partial charge on any atom is 0.278 e. The van der Waals surface area contributed by atoms with Gasteiger partial charge in [0.15, 0.2) is 12.4 Å². The highest BCUT2D eigenvalue weighted by molar-refractivity contribution is 7.13. The van der Waals surface area contributed by atoms with E-state index < -0.39 is 12.5 Å². The van der Waals surface area contributed by atoms with E-state index in [0.29, 0.717) is 17.5 Å². The number of carbonyl (C=O) groups is 1. The fraction of sp³-hybridized carbons (Fsp3) is 0.739. The summed E-state index contributed by atoms with van der Waals surface area (Å²) >= 11 is 1.41. The Bertz CT molecular complexity index is 745. The number of rotatable bonds is 9. The number of nitrogens with zero attached hydrogens (tertiary/aromatic N) is 2. The number of halogens is 2. The first-order chi connectivity index (χ1) is 14.2. The van der Waals surface area contributed by atoms with Crippen molar-refractivity contribution in [3.8, 4) is 5.19 Å². The van der Waals surface area contributed by atoms with E-state index in [4.69, 9.17) is 4.74 Å². The first-order valence-corrected chi connectivity index (χ1v) is 11.9. The molecule has 1 aromatic rings. The number of allylic oxidation sites excluding steroid dienone is 2. The highest BCUT2D eigenvalue weighted by Crippen LogP contribution is 2.34. The highest BCUT2D eigenvalue weighted by atomic mass is 32.1. The van der Waals surface area contributed by atoms with E-state index in [-0.39, 0.29) is 5.78 Å². The maximum atomic E-state index is 13.0. The van der Waals surface area contributed by atoms with Crippen LogP contribution in [0.2, 0.25) is 0 Å². The summed E-state index contributed by atoms with van der Waals surface area (Å²) in [5.41, 5.74) is 2.07. The zero-order chi connectivity index (χ0) is 21.7. The van der Waals surface area contributed by atoms with Gasteiger partial charge >= 0.3 is 0 Å². The van der Waals surface area contributed by atoms with Crippen LogP contribution in [0.15, 0.2) is 11.6 Å². The van der Waals surface area contributed by atoms with E-state index in [1.54, 1.807) is 6.08 Å². The summed E-state index contributed by atoms with van der Waals surface area (Å²) in [6.45, 7) is 7.01. The molecule has 168 valence electrons. The Morgan fingerprint density at radius 1 is 1.27 bits per heavy atom. The average molecular weight is 441 g/mol. The molecule has 0 spiro atoms. The molecule has 4 nitrogen and oxygen atoms in total. The minimum absolute atomic E-state index is 0.275. The van der Waals surface area contributed by atoms with Gasteiger partial charge < -0.3 is 4.74 Å². The number of carbonyl (C=O) groups excluding carboxylic acids is 1. The van der Waals surface area contributed by atoms with Crippen LogP contribution in [0.4, 0.5) is 8.78 Å². The number of hydrogen-bond donors (Lipinski definition) is 0. The minimum atomic E-state index is -2.84. The van der Waals surface area contributed by atoms with Gasteiger partial charge in [-0.1, -0.05) is 29.8 Å². The van der Waals surface area contributed by atoms with Crippen LogP contribution in [0.5, 0.6) is 5.19 Å². The van der Waals surface area contributed by atoms with Crippen molar-refractivity contribution < 1.29 is 18.3 Å². The SMILES string of the molecule is CC(C)=CC(=O)CC1CCC(CCN2CCc3sc(OCC(C)(F)F)nc3C2)CC1. The van der Waals surface area contributed by atoms with Gasteiger partial charge in [0.25, 0.3) is 11.1 Å². The molecule has 1 fully saturated rings. The molecule has 0 atom stereocenters. The van der Waals surface area contributed by atoms with Crippen molar-refractivity contribution in [1.82, 2.24) is 9.88 Å². The van der Waals surface area contributed by atoms with E-state index in [1.165, 1.54) is 35.5 Å². The topological polar surface area (TPSA) is 42.4 Å². The quantitative estimate of drug-likeness (QED) is 0.465. The van der Waals surface area contributed by atoms with Gasteiger partial charge in [-0.3, -0.25) is 9.69 Å². The second-order valence-electron chi connectivity index (χ2n) is 9.30. The fourth-order valence-corrected chi connectivity index (χ4v) is 5.33. The van der Waals surface area contributed by atoms with E-state index in [1.807, 2.05) is 13.8 Å². The molecule has 2 heterocycles. The van der Waals surface area contributed by atoms with Gasteiger partial charge in [-0.05, 0) is 64.0 Å². The summed E-state index contributed by atoms with van der Waals surface area (Å²) in [7, 11) is 0. The Kier molecular flexibility index (Phi) is 8.02. The number of ether oxygens (including phenoxy) is 1. The molecule has 1 aromatic heterocycles. The summed E-state index contributed by atoms with van der Waals surface area (Å²) in [5, 5.41) is 0.365. The molecular formula is C23H34F2N2O2S. The lowest BCUT2D eigenvalue weighted by Gasteiger charge is -2.31. The van der Waals surface area contributed by atoms with E-state index in [0.717, 1.165) is 63.0 Å². The molecule has 0 saturated heterocycles. The van der Waals surface area contributed by atoms with Crippen LogP contribution in [-0.4, -0.2) is 41.3 Å². The highest BCUT2D eigenvalue weighted by Gasteiger charge is 2.27. The fourth-order valence-electron chi connectivity index (χ4n) is 4.42. The van der Waals surface area contributed by atoms with Crippen LogP contribution >= 0.6 is 11.3 Å². The third-order valence-electron chi connectivity index (χ3n) is 6.00. The van der Waals surface area contributed by atoms with Gasteiger partial charge in [-0.15, -0.1) is 0 Å². The Morgan fingerprint density at radius 2 is 1.97 bits per heavy atom. The third-order valence-corrected chi connectivity index (χ3v) is 7.07. The largest absolute Gasteiger partial charge is 0.464 e. The molecule has 0 radical (unpaired) electrons. The Balaban J connectivity index is 1.38. The van der Waals surface area contributed by atoms with Crippen molar-refractivity contribution in [3.05, 3.63) is 22.2 Å². The van der Waals surface area contributed by atoms with Crippen molar-refractivity contribution in [2.24, 2.45) is 11.8 Å². The molecule has 1 aliphatic carbocycles. The number of ketones is 1. The zero-order valence-electron chi connectivity index (χ0n) is 18.4. The average Bonchev–Trinajstić information content (AvgIpc) is 3.07. The van der Waals surface area contributed by atoms with Gasteiger partial charge in [-0.25, -0.2) is 13.8 Å². The van der Waals surface area contributed by atoms with Crippen LogP contribution in [0.1, 0.15) is 69.9 Å². The maximum absolute atomic E-state index is 13.0. The van der Waals surface area contributed by atoms with E-state index >= 15 is 0 Å². The minimum Gasteiger partial charge on any atom is -0.464 e. The van der Waals surface area contributed by atoms with Crippen molar-refractivity contribution in [3.63, 3.8) is 0 Å². The number of alkyl halides is 2. The third kappa shape index (κ3) is 7.41. The molecule has 0 amide bonds. The predicted octanol–water partition coefficient (Wildman–Crippen LogP) is 5.66. The summed E-state index contributed by atoms with van der Waals surface area (Å²) in [5.74, 6) is -1.28. The Morgan fingerprint density at radius 3 is 2.63 bits per heavy atom. The Labute approximate surface area is 182 Å². The van der Waals surface area contributed by atoms with E-state index in [9.17, 15) is 13.6 Å². The Hall–Kier alpha value is -1.34. The normalized spacial score (nSPS) is 22.4. The number of aromatic nitrogens is 1. The van der Waals surface area contributed by atoms with Crippen molar-refractivity contribution >= 4 is 17.1 Å². The van der Waals surface area contributed by atoms with Gasteiger partial charge in [0.05, 0.1) is 5.69 Å². The molecule has 1 saturated carbocycles. The summed E-state index contributed by atoms with van der Waals surface area (Å²) in [6, 6.07) is 0. The molecule has 0 N–H and O–H groups in total. The first kappa shape index (κ1) is 23.3. The van der Waals surface area contributed by atoms with Crippen molar-refractivity contribution in [2.45, 2.75) is 78.2 Å². The first-order valence-electron chi connectivity index (χ1n) is 11.1. The molecule has 30 heavy (non-hydrogen) atoms. The van der Waals surface area contributed by atoms with Gasteiger partial charge in [0.2, 0.25) is 0 Å². The summed E-state index contributed by atoms with van der Waals surface area (Å²) < 4.78 is 31.2. The molecule has 1 aliphatic heterocycles. The summed E-state index contributed by atoms with van der Waals surface area (Å²) in [4.78, 5) is 20.0. The number of hydrogen-bond acceptors (Lipinski definition) is 5. The molecule has 7 heteroatoms. The molecular weight excluding hydrogens is 406 g/mol. The number of fused-ring (bicyclic) bond motifs is 1. The van der Waals surface area contributed by atoms with Crippen LogP contribution in [0.3, 0.4) is 0 Å². The lowest BCUT2D eigenvalue weighted by atomic mass is 9.78. The lowest BCUT2D eigenvalue weighted by molar-refractivity contribution is -0.115. The van der Waals surface area contributed by atoms with E-state index in [2.05, 4.69) is 9.88 Å². The second kappa shape index (κ2) is 10.3. The van der Waals surface area contributed by atoms with Crippen molar-refractivity contribution in [1.29, 1.82) is 0 Å². The molecule has 3 rings (SSSR count). The van der Waals surface area contributed by atoms with Crippen LogP contribution in [0, 0.1) is 11.8 Å². The van der Waals surface area contributed by atoms with Crippen molar-refractivity contribution in [2.75, 3.05) is 19.7 Å². The zero-order valence-corrected chi connectivity index (χ0v) is 19.2. The van der Waals surface area contributed by atoms with Gasteiger partial charge in [0, 0.05) is 31.3 Å². The van der Waals surface area contributed by atoms with Crippen LogP contribution in [0.25, 0.3) is 0 Å². The molecule has 0 bridgehead atoms. The smallest absolute Gasteiger partial charge is 0.278 e. The standard InChI is InChI=1S/C23H34F2N2O2S/c1-16(2)12-19(28)13-18-6-4-17(5-7-18)8-10-27-11-9-21-20(14-27)26-22(30-21)29-15-23(3,24)25/h12,17-18H,4-11,13-15H2,1-3H3. The lowest BCUT2D eigenvalue weighted by Crippen LogP contribution is -2.32.